The lowest BCUT2D eigenvalue weighted by Crippen LogP contribution is -3.00. The van der Waals surface area contributed by atoms with Crippen LogP contribution in [0.5, 0.6) is 0 Å². The second-order valence-electron chi connectivity index (χ2n) is 8.69. The largest absolute Gasteiger partial charge is 1.00 e. The van der Waals surface area contributed by atoms with Gasteiger partial charge in [-0.1, -0.05) is 27.8 Å². The van der Waals surface area contributed by atoms with E-state index in [2.05, 4.69) is 31.5 Å². The Morgan fingerprint density at radius 2 is 1.76 bits per heavy atom. The molecule has 2 aliphatic heterocycles. The maximum Gasteiger partial charge on any atom is 0.396 e. The Balaban J connectivity index is 0.000000898. The van der Waals surface area contributed by atoms with Crippen molar-refractivity contribution >= 4 is 33.6 Å². The summed E-state index contributed by atoms with van der Waals surface area (Å²) < 4.78 is 20.6. The number of carbonyl (C=O) groups excluding carboxylic acids is 1. The number of aliphatic hydroxyl groups excluding tert-OH is 3. The molecule has 1 aromatic carbocycles. The Morgan fingerprint density at radius 1 is 1.11 bits per heavy atom. The summed E-state index contributed by atoms with van der Waals surface area (Å²) in [4.78, 5) is 17.1. The lowest BCUT2D eigenvalue weighted by Gasteiger charge is -2.23. The van der Waals surface area contributed by atoms with Gasteiger partial charge in [-0.15, -0.1) is 0 Å². The number of halogens is 2. The number of rotatable bonds is 8. The number of aromatic nitrogens is 2. The van der Waals surface area contributed by atoms with Crippen molar-refractivity contribution in [2.75, 3.05) is 37.0 Å². The molecule has 4 atom stereocenters. The first-order valence-corrected chi connectivity index (χ1v) is 12.6. The van der Waals surface area contributed by atoms with Crippen molar-refractivity contribution in [3.63, 3.8) is 0 Å². The molecule has 2 saturated heterocycles. The van der Waals surface area contributed by atoms with Crippen molar-refractivity contribution in [2.45, 2.75) is 57.5 Å². The Hall–Kier alpha value is -1.90. The summed E-state index contributed by atoms with van der Waals surface area (Å²) in [6.45, 7) is 5.79. The molecular weight excluding hydrogens is 572 g/mol. The zero-order valence-electron chi connectivity index (χ0n) is 20.9. The number of carbonyl (C=O) groups is 1. The molecule has 0 unspecified atom stereocenters. The number of amides is 1. The van der Waals surface area contributed by atoms with Crippen LogP contribution in [0, 0.1) is 0 Å². The molecule has 0 bridgehead atoms. The molecule has 13 heteroatoms. The standard InChI is InChI=1S/C21H25BrN4O6.C3H8O.ClH/c1-21(2)31-16-14(11-28)30-19(17(16)32-21)26-9-7-15(25-20(26)23-8-10-27)24-18(29)12-3-5-13(22)6-4-12;1-2-3-4;/h3-7,9,14,16-17,19,27-28H,8,10-11H2,1-2H3,(H,23,24,25,29);4H,2-3H2,1H3;1H/t14-,16-,17-,19-;;/m1../s1. The van der Waals surface area contributed by atoms with Gasteiger partial charge in [0.15, 0.2) is 5.79 Å². The van der Waals surface area contributed by atoms with Gasteiger partial charge in [0.1, 0.15) is 18.3 Å². The highest BCUT2D eigenvalue weighted by Gasteiger charge is 2.57. The average Bonchev–Trinajstić information content (AvgIpc) is 3.36. The van der Waals surface area contributed by atoms with Gasteiger partial charge in [-0.2, -0.15) is 0 Å². The number of hydrogen-bond donors (Lipinski definition) is 5. The van der Waals surface area contributed by atoms with E-state index in [1.54, 1.807) is 41.1 Å². The van der Waals surface area contributed by atoms with Crippen LogP contribution in [-0.2, 0) is 14.2 Å². The Labute approximate surface area is 230 Å². The number of benzene rings is 1. The summed E-state index contributed by atoms with van der Waals surface area (Å²) in [5, 5.41) is 32.7. The number of nitrogens with zero attached hydrogens (tertiary/aromatic N) is 2. The van der Waals surface area contributed by atoms with E-state index in [-0.39, 0.29) is 38.1 Å². The van der Waals surface area contributed by atoms with Crippen LogP contribution in [0.25, 0.3) is 0 Å². The zero-order chi connectivity index (χ0) is 26.3. The fourth-order valence-corrected chi connectivity index (χ4v) is 4.09. The smallest absolute Gasteiger partial charge is 0.396 e. The minimum Gasteiger partial charge on any atom is -1.00 e. The molecule has 2 aliphatic rings. The molecule has 5 N–H and O–H groups in total. The SMILES string of the molecule is CC1(C)O[C@@H]2[C@H](O1)[C@@H](CO)O[C@H]2[n+]1ccc(NC(=O)c2ccc(Br)cc2)nc1NCCO.CCCO.[Cl-]. The van der Waals surface area contributed by atoms with Crippen molar-refractivity contribution in [1.29, 1.82) is 0 Å². The second kappa shape index (κ2) is 14.3. The third-order valence-electron chi connectivity index (χ3n) is 5.41. The summed E-state index contributed by atoms with van der Waals surface area (Å²) in [6.07, 6.45) is 0.507. The molecule has 0 saturated carbocycles. The third-order valence-corrected chi connectivity index (χ3v) is 5.94. The number of nitrogens with one attached hydrogen (secondary N) is 2. The molecule has 1 amide bonds. The summed E-state index contributed by atoms with van der Waals surface area (Å²) in [6, 6.07) is 8.62. The minimum atomic E-state index is -0.809. The van der Waals surface area contributed by atoms with Gasteiger partial charge in [-0.05, 0) is 44.5 Å². The first-order valence-electron chi connectivity index (χ1n) is 11.8. The summed E-state index contributed by atoms with van der Waals surface area (Å²) in [5.41, 5.74) is 0.489. The van der Waals surface area contributed by atoms with Crippen LogP contribution in [0.4, 0.5) is 11.8 Å². The maximum absolute atomic E-state index is 12.6. The summed E-state index contributed by atoms with van der Waals surface area (Å²) in [7, 11) is 0. The van der Waals surface area contributed by atoms with Crippen LogP contribution < -0.4 is 27.6 Å². The quantitative estimate of drug-likeness (QED) is 0.229. The minimum absolute atomic E-state index is 0. The molecule has 0 radical (unpaired) electrons. The Morgan fingerprint density at radius 3 is 2.35 bits per heavy atom. The van der Waals surface area contributed by atoms with E-state index in [4.69, 9.17) is 19.3 Å². The van der Waals surface area contributed by atoms with Crippen LogP contribution in [-0.4, -0.2) is 76.7 Å². The number of ether oxygens (including phenoxy) is 3. The topological polar surface area (TPSA) is 146 Å². The van der Waals surface area contributed by atoms with E-state index < -0.39 is 30.3 Å². The maximum atomic E-state index is 12.6. The van der Waals surface area contributed by atoms with Gasteiger partial charge in [0.05, 0.1) is 26.0 Å². The van der Waals surface area contributed by atoms with Gasteiger partial charge in [0, 0.05) is 22.7 Å². The highest BCUT2D eigenvalue weighted by Crippen LogP contribution is 2.41. The van der Waals surface area contributed by atoms with Crippen molar-refractivity contribution in [1.82, 2.24) is 4.98 Å². The first kappa shape index (κ1) is 31.3. The van der Waals surface area contributed by atoms with Gasteiger partial charge in [0.25, 0.3) is 5.91 Å². The second-order valence-corrected chi connectivity index (χ2v) is 9.61. The van der Waals surface area contributed by atoms with Gasteiger partial charge in [-0.25, -0.2) is 4.57 Å². The molecule has 0 aliphatic carbocycles. The van der Waals surface area contributed by atoms with Crippen molar-refractivity contribution in [3.05, 3.63) is 46.6 Å². The number of hydrogen-bond acceptors (Lipinski definition) is 9. The molecule has 0 spiro atoms. The number of anilines is 2. The van der Waals surface area contributed by atoms with E-state index in [1.807, 2.05) is 20.8 Å². The fourth-order valence-electron chi connectivity index (χ4n) is 3.82. The highest BCUT2D eigenvalue weighted by molar-refractivity contribution is 9.10. The van der Waals surface area contributed by atoms with E-state index in [0.29, 0.717) is 23.9 Å². The van der Waals surface area contributed by atoms with Gasteiger partial charge in [0.2, 0.25) is 12.0 Å². The molecule has 3 heterocycles. The molecule has 2 aromatic rings. The Bertz CT molecular complexity index is 1010. The molecule has 4 rings (SSSR count). The van der Waals surface area contributed by atoms with Crippen LogP contribution in [0.3, 0.4) is 0 Å². The molecule has 11 nitrogen and oxygen atoms in total. The summed E-state index contributed by atoms with van der Waals surface area (Å²) >= 11 is 3.35. The first-order chi connectivity index (χ1) is 17.2. The number of aliphatic hydroxyl groups is 3. The van der Waals surface area contributed by atoms with Crippen LogP contribution >= 0.6 is 15.9 Å². The summed E-state index contributed by atoms with van der Waals surface area (Å²) in [5.74, 6) is -0.423. The predicted octanol–water partition coefficient (Wildman–Crippen LogP) is -1.41. The number of fused-ring (bicyclic) bond motifs is 1. The van der Waals surface area contributed by atoms with Gasteiger partial charge < -0.3 is 41.9 Å². The van der Waals surface area contributed by atoms with E-state index in [0.717, 1.165) is 10.9 Å². The lowest BCUT2D eigenvalue weighted by atomic mass is 10.1. The zero-order valence-corrected chi connectivity index (χ0v) is 23.3. The highest BCUT2D eigenvalue weighted by atomic mass is 79.9. The molecule has 206 valence electrons. The predicted molar refractivity (Wildman–Crippen MR) is 134 cm³/mol. The molecule has 37 heavy (non-hydrogen) atoms. The van der Waals surface area contributed by atoms with Crippen molar-refractivity contribution in [2.24, 2.45) is 0 Å². The van der Waals surface area contributed by atoms with Crippen LogP contribution in [0.1, 0.15) is 43.8 Å². The van der Waals surface area contributed by atoms with E-state index in [1.165, 1.54) is 0 Å². The molecule has 2 fully saturated rings. The van der Waals surface area contributed by atoms with Crippen LogP contribution in [0.15, 0.2) is 41.0 Å². The third kappa shape index (κ3) is 8.04. The van der Waals surface area contributed by atoms with Gasteiger partial charge >= 0.3 is 5.95 Å². The van der Waals surface area contributed by atoms with Crippen molar-refractivity contribution < 1.29 is 51.3 Å². The fraction of sp³-hybridized carbons (Fsp3) is 0.542. The van der Waals surface area contributed by atoms with E-state index >= 15 is 0 Å². The molecule has 1 aromatic heterocycles. The van der Waals surface area contributed by atoms with Crippen molar-refractivity contribution in [3.8, 4) is 0 Å². The molecular formula is C24H34BrClN4O7. The Kier molecular flexibility index (Phi) is 12.1. The van der Waals surface area contributed by atoms with Crippen LogP contribution in [0.2, 0.25) is 0 Å². The monoisotopic (exact) mass is 604 g/mol. The van der Waals surface area contributed by atoms with Gasteiger partial charge in [-0.3, -0.25) is 15.4 Å². The lowest BCUT2D eigenvalue weighted by molar-refractivity contribution is -0.756. The van der Waals surface area contributed by atoms with E-state index in [9.17, 15) is 15.0 Å². The normalized spacial score (nSPS) is 23.3. The average molecular weight is 606 g/mol.